The fourth-order valence-corrected chi connectivity index (χ4v) is 3.79. The minimum atomic E-state index is -4.56. The molecule has 3 aromatic rings. The Balaban J connectivity index is 1.45. The summed E-state index contributed by atoms with van der Waals surface area (Å²) in [6.07, 6.45) is 0.811. The van der Waals surface area contributed by atoms with Crippen molar-refractivity contribution in [1.29, 1.82) is 0 Å². The normalized spacial score (nSPS) is 13.9. The van der Waals surface area contributed by atoms with Gasteiger partial charge in [0.25, 0.3) is 0 Å². The maximum atomic E-state index is 13.0. The molecule has 0 saturated carbocycles. The maximum absolute atomic E-state index is 13.0. The van der Waals surface area contributed by atoms with E-state index in [1.54, 1.807) is 35.4 Å². The molecule has 1 saturated heterocycles. The van der Waals surface area contributed by atoms with Crippen LogP contribution in [-0.4, -0.2) is 76.4 Å². The number of carbonyl (C=O) groups is 2. The Morgan fingerprint density at radius 3 is 2.68 bits per heavy atom. The summed E-state index contributed by atoms with van der Waals surface area (Å²) >= 11 is 0. The summed E-state index contributed by atoms with van der Waals surface area (Å²) in [7, 11) is 0. The lowest BCUT2D eigenvalue weighted by atomic mass is 10.1. The molecule has 9 nitrogen and oxygen atoms in total. The summed E-state index contributed by atoms with van der Waals surface area (Å²) in [5.74, 6) is 4.90. The minimum Gasteiger partial charge on any atom is -0.491 e. The van der Waals surface area contributed by atoms with Gasteiger partial charge in [0, 0.05) is 62.2 Å². The second kappa shape index (κ2) is 12.2. The monoisotopic (exact) mass is 526 g/mol. The third kappa shape index (κ3) is 7.33. The van der Waals surface area contributed by atoms with Gasteiger partial charge >= 0.3 is 12.1 Å². The molecule has 2 aromatic heterocycles. The van der Waals surface area contributed by atoms with E-state index in [0.29, 0.717) is 49.2 Å². The Bertz CT molecular complexity index is 1310. The number of carbonyl (C=O) groups excluding carboxylic acids is 2. The van der Waals surface area contributed by atoms with Crippen LogP contribution in [0.3, 0.4) is 0 Å². The topological polar surface area (TPSA) is 103 Å². The quantitative estimate of drug-likeness (QED) is 0.266. The van der Waals surface area contributed by atoms with Crippen molar-refractivity contribution in [3.8, 4) is 29.0 Å². The molecule has 0 unspecified atom stereocenters. The molecular formula is C26H25F3N6O3. The second-order valence-corrected chi connectivity index (χ2v) is 8.49. The van der Waals surface area contributed by atoms with Crippen molar-refractivity contribution in [2.75, 3.05) is 44.6 Å². The molecule has 1 aliphatic heterocycles. The van der Waals surface area contributed by atoms with Gasteiger partial charge in [0.15, 0.2) is 0 Å². The molecule has 0 aliphatic carbocycles. The third-order valence-corrected chi connectivity index (χ3v) is 5.80. The fraction of sp³-hybridized carbons (Fsp3) is 0.308. The van der Waals surface area contributed by atoms with E-state index < -0.39 is 17.8 Å². The summed E-state index contributed by atoms with van der Waals surface area (Å²) in [5.41, 5.74) is 0.154. The number of aromatic amines is 1. The molecule has 2 N–H and O–H groups in total. The number of hydrogen-bond acceptors (Lipinski definition) is 6. The number of amides is 2. The molecule has 4 rings (SSSR count). The van der Waals surface area contributed by atoms with Crippen molar-refractivity contribution in [3.63, 3.8) is 0 Å². The van der Waals surface area contributed by atoms with Crippen LogP contribution in [0.25, 0.3) is 11.4 Å². The van der Waals surface area contributed by atoms with E-state index >= 15 is 0 Å². The first-order valence-electron chi connectivity index (χ1n) is 11.9. The standard InChI is InChI=1S/C26H25F3N6O3/c27-26(28,29)23-17-31-25(33-23)20-5-6-22(38-14-2-9-34-10-12-35(18-36)13-11-34)21(15-20)32-24(37)7-4-19-3-1-8-30-16-19/h1,3,5-6,8,15-18H,2,9-14H2,(H,31,33)(H,32,37). The van der Waals surface area contributed by atoms with Gasteiger partial charge in [0.05, 0.1) is 18.5 Å². The number of hydrogen-bond donors (Lipinski definition) is 2. The second-order valence-electron chi connectivity index (χ2n) is 8.49. The number of H-pyrrole nitrogens is 1. The Morgan fingerprint density at radius 1 is 1.18 bits per heavy atom. The lowest BCUT2D eigenvalue weighted by molar-refractivity contribution is -0.140. The molecule has 0 atom stereocenters. The van der Waals surface area contributed by atoms with Crippen LogP contribution in [0.2, 0.25) is 0 Å². The average molecular weight is 527 g/mol. The third-order valence-electron chi connectivity index (χ3n) is 5.80. The summed E-state index contributed by atoms with van der Waals surface area (Å²) < 4.78 is 44.9. The number of aromatic nitrogens is 3. The molecule has 2 amide bonds. The molecule has 1 aliphatic rings. The van der Waals surface area contributed by atoms with Crippen LogP contribution >= 0.6 is 0 Å². The smallest absolute Gasteiger partial charge is 0.432 e. The molecule has 198 valence electrons. The number of anilines is 1. The predicted molar refractivity (Wildman–Crippen MR) is 133 cm³/mol. The highest BCUT2D eigenvalue weighted by Crippen LogP contribution is 2.33. The Morgan fingerprint density at radius 2 is 2.00 bits per heavy atom. The average Bonchev–Trinajstić information content (AvgIpc) is 3.43. The lowest BCUT2D eigenvalue weighted by Crippen LogP contribution is -2.46. The molecule has 0 radical (unpaired) electrons. The van der Waals surface area contributed by atoms with Crippen LogP contribution in [0.1, 0.15) is 17.7 Å². The van der Waals surface area contributed by atoms with Gasteiger partial charge in [-0.05, 0) is 36.8 Å². The Labute approximate surface area is 217 Å². The highest BCUT2D eigenvalue weighted by atomic mass is 19.4. The van der Waals surface area contributed by atoms with E-state index in [-0.39, 0.29) is 11.5 Å². The number of halogens is 3. The first-order valence-corrected chi connectivity index (χ1v) is 11.9. The number of imidazole rings is 1. The van der Waals surface area contributed by atoms with Gasteiger partial charge < -0.3 is 19.9 Å². The summed E-state index contributed by atoms with van der Waals surface area (Å²) in [6, 6.07) is 8.01. The molecule has 3 heterocycles. The van der Waals surface area contributed by atoms with Gasteiger partial charge in [-0.3, -0.25) is 19.5 Å². The van der Waals surface area contributed by atoms with E-state index in [2.05, 4.69) is 37.0 Å². The number of nitrogens with one attached hydrogen (secondary N) is 2. The van der Waals surface area contributed by atoms with Crippen molar-refractivity contribution in [1.82, 2.24) is 24.8 Å². The highest BCUT2D eigenvalue weighted by molar-refractivity contribution is 6.05. The van der Waals surface area contributed by atoms with Gasteiger partial charge in [0.2, 0.25) is 6.41 Å². The first kappa shape index (κ1) is 26.7. The number of rotatable bonds is 8. The summed E-state index contributed by atoms with van der Waals surface area (Å²) in [6.45, 7) is 4.06. The van der Waals surface area contributed by atoms with E-state index in [0.717, 1.165) is 26.0 Å². The molecule has 0 bridgehead atoms. The highest BCUT2D eigenvalue weighted by Gasteiger charge is 2.33. The number of alkyl halides is 3. The largest absolute Gasteiger partial charge is 0.491 e. The van der Waals surface area contributed by atoms with Crippen LogP contribution < -0.4 is 10.1 Å². The Hall–Kier alpha value is -4.37. The van der Waals surface area contributed by atoms with E-state index in [4.69, 9.17) is 4.74 Å². The van der Waals surface area contributed by atoms with E-state index in [1.165, 1.54) is 12.3 Å². The molecule has 1 aromatic carbocycles. The zero-order chi connectivity index (χ0) is 27.0. The van der Waals surface area contributed by atoms with E-state index in [9.17, 15) is 22.8 Å². The first-order chi connectivity index (χ1) is 18.3. The van der Waals surface area contributed by atoms with Crippen LogP contribution in [0.4, 0.5) is 18.9 Å². The minimum absolute atomic E-state index is 0.00437. The van der Waals surface area contributed by atoms with Crippen molar-refractivity contribution >= 4 is 18.0 Å². The molecular weight excluding hydrogens is 501 g/mol. The van der Waals surface area contributed by atoms with Gasteiger partial charge in [0.1, 0.15) is 17.3 Å². The summed E-state index contributed by atoms with van der Waals surface area (Å²) in [5, 5.41) is 2.66. The van der Waals surface area contributed by atoms with Gasteiger partial charge in [-0.25, -0.2) is 4.98 Å². The van der Waals surface area contributed by atoms with Crippen LogP contribution in [0.15, 0.2) is 48.9 Å². The lowest BCUT2D eigenvalue weighted by Gasteiger charge is -2.32. The Kier molecular flexibility index (Phi) is 8.60. The van der Waals surface area contributed by atoms with Crippen molar-refractivity contribution in [2.45, 2.75) is 12.6 Å². The van der Waals surface area contributed by atoms with Crippen LogP contribution in [0.5, 0.6) is 5.75 Å². The fourth-order valence-electron chi connectivity index (χ4n) is 3.79. The van der Waals surface area contributed by atoms with Crippen molar-refractivity contribution in [2.24, 2.45) is 0 Å². The number of nitrogens with zero attached hydrogens (tertiary/aromatic N) is 4. The van der Waals surface area contributed by atoms with Gasteiger partial charge in [-0.15, -0.1) is 0 Å². The van der Waals surface area contributed by atoms with Gasteiger partial charge in [-0.1, -0.05) is 5.92 Å². The van der Waals surface area contributed by atoms with E-state index in [1.807, 2.05) is 0 Å². The zero-order valence-electron chi connectivity index (χ0n) is 20.3. The summed E-state index contributed by atoms with van der Waals surface area (Å²) in [4.78, 5) is 37.4. The van der Waals surface area contributed by atoms with Crippen molar-refractivity contribution in [3.05, 3.63) is 60.2 Å². The number of ether oxygens (including phenoxy) is 1. The van der Waals surface area contributed by atoms with Crippen LogP contribution in [0, 0.1) is 11.8 Å². The number of benzene rings is 1. The van der Waals surface area contributed by atoms with Gasteiger partial charge in [-0.2, -0.15) is 13.2 Å². The van der Waals surface area contributed by atoms with Crippen LogP contribution in [-0.2, 0) is 15.8 Å². The SMILES string of the molecule is O=CN1CCN(CCCOc2ccc(-c3ncc(C(F)(F)F)[nH]3)cc2NC(=O)C#Cc2cccnc2)CC1. The predicted octanol–water partition coefficient (Wildman–Crippen LogP) is 3.02. The molecule has 12 heteroatoms. The molecule has 1 fully saturated rings. The van der Waals surface area contributed by atoms with Crippen molar-refractivity contribution < 1.29 is 27.5 Å². The number of pyridine rings is 1. The molecule has 38 heavy (non-hydrogen) atoms. The molecule has 0 spiro atoms. The zero-order valence-corrected chi connectivity index (χ0v) is 20.3. The maximum Gasteiger partial charge on any atom is 0.432 e. The number of piperazine rings is 1.